The van der Waals surface area contributed by atoms with E-state index in [9.17, 15) is 13.2 Å². The molecule has 1 aliphatic rings. The number of hydrogen-bond donors (Lipinski definition) is 2. The molecule has 0 spiro atoms. The number of sulfonamides is 1. The Morgan fingerprint density at radius 1 is 1.27 bits per heavy atom. The minimum atomic E-state index is -3.30. The lowest BCUT2D eigenvalue weighted by Crippen LogP contribution is -2.57. The maximum Gasteiger partial charge on any atom is 0.289 e. The van der Waals surface area contributed by atoms with Gasteiger partial charge in [0.1, 0.15) is 0 Å². The molecule has 0 unspecified atom stereocenters. The average Bonchev–Trinajstić information content (AvgIpc) is 3.07. The topological polar surface area (TPSA) is 107 Å². The number of piperazine rings is 1. The van der Waals surface area contributed by atoms with Crippen molar-refractivity contribution in [3.63, 3.8) is 0 Å². The lowest BCUT2D eigenvalue weighted by Gasteiger charge is -2.37. The average molecular weight is 385 g/mol. The van der Waals surface area contributed by atoms with Crippen LogP contribution in [0.3, 0.4) is 0 Å². The Morgan fingerprint density at radius 2 is 1.88 bits per heavy atom. The number of carbonyl (C=O) groups excluding carboxylic acids is 1. The lowest BCUT2D eigenvalue weighted by atomic mass is 10.1. The molecule has 2 rings (SSSR count). The van der Waals surface area contributed by atoms with Gasteiger partial charge in [-0.05, 0) is 26.0 Å². The number of amides is 1. The van der Waals surface area contributed by atoms with Gasteiger partial charge in [-0.15, -0.1) is 0 Å². The summed E-state index contributed by atoms with van der Waals surface area (Å²) in [5, 5.41) is 3.20. The molecule has 1 saturated heterocycles. The molecule has 0 aromatic carbocycles. The van der Waals surface area contributed by atoms with Crippen LogP contribution in [0.4, 0.5) is 0 Å². The normalized spacial score (nSPS) is 16.7. The summed E-state index contributed by atoms with van der Waals surface area (Å²) >= 11 is 0. The van der Waals surface area contributed by atoms with Gasteiger partial charge in [0.25, 0.3) is 5.91 Å². The first-order valence-electron chi connectivity index (χ1n) is 8.39. The third kappa shape index (κ3) is 5.73. The third-order valence-corrected chi connectivity index (χ3v) is 4.88. The molecular weight excluding hydrogens is 358 g/mol. The zero-order chi connectivity index (χ0) is 19.4. The molecule has 26 heavy (non-hydrogen) atoms. The molecule has 10 heteroatoms. The van der Waals surface area contributed by atoms with E-state index < -0.39 is 15.6 Å². The van der Waals surface area contributed by atoms with Crippen LogP contribution in [0.2, 0.25) is 0 Å². The van der Waals surface area contributed by atoms with Crippen LogP contribution in [0.5, 0.6) is 0 Å². The second-order valence-corrected chi connectivity index (χ2v) is 8.66. The van der Waals surface area contributed by atoms with Crippen LogP contribution in [-0.2, 0) is 10.0 Å². The second-order valence-electron chi connectivity index (χ2n) is 6.92. The minimum absolute atomic E-state index is 0.115. The van der Waals surface area contributed by atoms with Crippen LogP contribution in [0, 0.1) is 0 Å². The van der Waals surface area contributed by atoms with Crippen molar-refractivity contribution in [1.82, 2.24) is 19.8 Å². The van der Waals surface area contributed by atoms with Crippen molar-refractivity contribution in [2.45, 2.75) is 19.4 Å². The van der Waals surface area contributed by atoms with Gasteiger partial charge in [-0.25, -0.2) is 13.1 Å². The smallest absolute Gasteiger partial charge is 0.289 e. The molecule has 0 bridgehead atoms. The molecule has 0 saturated carbocycles. The molecule has 0 radical (unpaired) electrons. The Bertz CT molecular complexity index is 735. The van der Waals surface area contributed by atoms with Gasteiger partial charge in [0.2, 0.25) is 10.0 Å². The molecule has 1 aliphatic heterocycles. The fraction of sp³-hybridized carbons (Fsp3) is 0.625. The highest BCUT2D eigenvalue weighted by atomic mass is 32.2. The Morgan fingerprint density at radius 3 is 2.38 bits per heavy atom. The number of hydrogen-bond acceptors (Lipinski definition) is 5. The summed E-state index contributed by atoms with van der Waals surface area (Å²) < 4.78 is 30.6. The first-order chi connectivity index (χ1) is 12.1. The molecule has 0 aliphatic carbocycles. The van der Waals surface area contributed by atoms with Crippen LogP contribution in [0.1, 0.15) is 24.4 Å². The van der Waals surface area contributed by atoms with Crippen LogP contribution >= 0.6 is 0 Å². The molecule has 9 nitrogen and oxygen atoms in total. The van der Waals surface area contributed by atoms with Crippen LogP contribution in [0.25, 0.3) is 0 Å². The van der Waals surface area contributed by atoms with E-state index in [2.05, 4.69) is 15.0 Å². The zero-order valence-corrected chi connectivity index (χ0v) is 16.5. The third-order valence-electron chi connectivity index (χ3n) is 3.96. The van der Waals surface area contributed by atoms with Gasteiger partial charge in [-0.1, -0.05) is 0 Å². The maximum absolute atomic E-state index is 12.3. The number of nitrogens with one attached hydrogen (secondary N) is 2. The molecule has 2 heterocycles. The Balaban J connectivity index is 1.87. The van der Waals surface area contributed by atoms with E-state index in [-0.39, 0.29) is 5.91 Å². The summed E-state index contributed by atoms with van der Waals surface area (Å²) in [4.78, 5) is 20.4. The fourth-order valence-corrected chi connectivity index (χ4v) is 3.92. The first kappa shape index (κ1) is 20.2. The number of guanidine groups is 1. The molecule has 2 N–H and O–H groups in total. The number of furan rings is 1. The molecule has 1 amide bonds. The summed E-state index contributed by atoms with van der Waals surface area (Å²) in [5.74, 6) is 0.907. The Kier molecular flexibility index (Phi) is 6.30. The number of nitrogens with zero attached hydrogens (tertiary/aromatic N) is 3. The van der Waals surface area contributed by atoms with Crippen molar-refractivity contribution in [2.24, 2.45) is 4.99 Å². The highest BCUT2D eigenvalue weighted by molar-refractivity contribution is 7.88. The van der Waals surface area contributed by atoms with E-state index in [1.165, 1.54) is 6.26 Å². The predicted octanol–water partition coefficient (Wildman–Crippen LogP) is -0.0594. The van der Waals surface area contributed by atoms with Crippen molar-refractivity contribution in [2.75, 3.05) is 46.0 Å². The van der Waals surface area contributed by atoms with Gasteiger partial charge in [-0.3, -0.25) is 9.79 Å². The predicted molar refractivity (Wildman–Crippen MR) is 99.6 cm³/mol. The highest BCUT2D eigenvalue weighted by Crippen LogP contribution is 2.10. The van der Waals surface area contributed by atoms with Gasteiger partial charge in [-0.2, -0.15) is 0 Å². The number of rotatable bonds is 5. The molecular formula is C16H27N5O4S. The summed E-state index contributed by atoms with van der Waals surface area (Å²) in [7, 11) is -1.62. The SMILES string of the molecule is CN=C(NCC(C)(C)NS(C)(=O)=O)N1CCN(C(=O)c2ccco2)CC1. The molecule has 1 fully saturated rings. The summed E-state index contributed by atoms with van der Waals surface area (Å²) in [6, 6.07) is 3.35. The largest absolute Gasteiger partial charge is 0.459 e. The Labute approximate surface area is 154 Å². The van der Waals surface area contributed by atoms with Gasteiger partial charge in [0.05, 0.1) is 12.5 Å². The van der Waals surface area contributed by atoms with Crippen LogP contribution in [-0.4, -0.2) is 81.7 Å². The van der Waals surface area contributed by atoms with Crippen molar-refractivity contribution < 1.29 is 17.6 Å². The van der Waals surface area contributed by atoms with E-state index in [1.54, 1.807) is 37.9 Å². The number of aliphatic imine (C=N–C) groups is 1. The van der Waals surface area contributed by atoms with Gasteiger partial charge in [0, 0.05) is 45.3 Å². The van der Waals surface area contributed by atoms with E-state index in [0.717, 1.165) is 6.26 Å². The van der Waals surface area contributed by atoms with Crippen molar-refractivity contribution in [1.29, 1.82) is 0 Å². The monoisotopic (exact) mass is 385 g/mol. The van der Waals surface area contributed by atoms with Crippen molar-refractivity contribution in [3.8, 4) is 0 Å². The van der Waals surface area contributed by atoms with Crippen LogP contribution in [0.15, 0.2) is 27.8 Å². The summed E-state index contributed by atoms with van der Waals surface area (Å²) in [5.41, 5.74) is -0.652. The van der Waals surface area contributed by atoms with E-state index in [4.69, 9.17) is 4.42 Å². The molecule has 1 aromatic rings. The molecule has 0 atom stereocenters. The highest BCUT2D eigenvalue weighted by Gasteiger charge is 2.27. The van der Waals surface area contributed by atoms with Crippen LogP contribution < -0.4 is 10.0 Å². The van der Waals surface area contributed by atoms with Gasteiger partial charge < -0.3 is 19.5 Å². The standard InChI is InChI=1S/C16H27N5O4S/c1-16(2,19-26(4,23)24)12-18-15(17-3)21-9-7-20(8-10-21)14(22)13-6-5-11-25-13/h5-6,11,19H,7-10,12H2,1-4H3,(H,17,18). The second kappa shape index (κ2) is 8.09. The van der Waals surface area contributed by atoms with Gasteiger partial charge in [0.15, 0.2) is 11.7 Å². The zero-order valence-electron chi connectivity index (χ0n) is 15.7. The first-order valence-corrected chi connectivity index (χ1v) is 10.3. The maximum atomic E-state index is 12.3. The quantitative estimate of drug-likeness (QED) is 0.543. The lowest BCUT2D eigenvalue weighted by molar-refractivity contribution is 0.0657. The van der Waals surface area contributed by atoms with E-state index >= 15 is 0 Å². The minimum Gasteiger partial charge on any atom is -0.459 e. The summed E-state index contributed by atoms with van der Waals surface area (Å²) in [6.07, 6.45) is 2.63. The fourth-order valence-electron chi connectivity index (χ4n) is 2.85. The van der Waals surface area contributed by atoms with Crippen molar-refractivity contribution in [3.05, 3.63) is 24.2 Å². The number of carbonyl (C=O) groups is 1. The molecule has 146 valence electrons. The van der Waals surface area contributed by atoms with E-state index in [1.807, 2.05) is 4.90 Å². The van der Waals surface area contributed by atoms with Gasteiger partial charge >= 0.3 is 0 Å². The van der Waals surface area contributed by atoms with E-state index in [0.29, 0.717) is 44.4 Å². The molecule has 1 aromatic heterocycles. The van der Waals surface area contributed by atoms with Crippen molar-refractivity contribution >= 4 is 21.9 Å². The Hall–Kier alpha value is -2.07. The summed E-state index contributed by atoms with van der Waals surface area (Å²) in [6.45, 7) is 6.37.